The minimum absolute atomic E-state index is 0.0934. The van der Waals surface area contributed by atoms with Crippen LogP contribution in [-0.4, -0.2) is 43.5 Å². The Labute approximate surface area is 157 Å². The highest BCUT2D eigenvalue weighted by molar-refractivity contribution is 5.96. The minimum atomic E-state index is -0.880. The van der Waals surface area contributed by atoms with Gasteiger partial charge in [-0.2, -0.15) is 0 Å². The molecule has 2 aromatic heterocycles. The molecule has 1 aliphatic rings. The molecule has 1 fully saturated rings. The summed E-state index contributed by atoms with van der Waals surface area (Å²) < 4.78 is 1.81. The molecule has 0 atom stereocenters. The molecule has 7 nitrogen and oxygen atoms in total. The first-order chi connectivity index (χ1) is 13.0. The third-order valence-electron chi connectivity index (χ3n) is 5.37. The molecule has 4 rings (SSSR count). The zero-order valence-electron chi connectivity index (χ0n) is 15.3. The number of aryl methyl sites for hydroxylation is 1. The summed E-state index contributed by atoms with van der Waals surface area (Å²) in [6, 6.07) is 11.4. The van der Waals surface area contributed by atoms with E-state index in [2.05, 4.69) is 9.97 Å². The fourth-order valence-electron chi connectivity index (χ4n) is 3.76. The van der Waals surface area contributed by atoms with Gasteiger partial charge >= 0.3 is 0 Å². The van der Waals surface area contributed by atoms with Crippen molar-refractivity contribution in [1.82, 2.24) is 19.4 Å². The van der Waals surface area contributed by atoms with Gasteiger partial charge in [0.15, 0.2) is 5.65 Å². The molecule has 1 aliphatic heterocycles. The molecule has 0 spiro atoms. The van der Waals surface area contributed by atoms with Crippen LogP contribution in [0.2, 0.25) is 0 Å². The molecule has 7 heteroatoms. The highest BCUT2D eigenvalue weighted by Gasteiger charge is 2.35. The van der Waals surface area contributed by atoms with Crippen molar-refractivity contribution in [3.05, 3.63) is 53.7 Å². The van der Waals surface area contributed by atoms with Crippen LogP contribution in [0.15, 0.2) is 42.6 Å². The fourth-order valence-corrected chi connectivity index (χ4v) is 3.76. The largest absolute Gasteiger partial charge is 0.385 e. The van der Waals surface area contributed by atoms with Crippen molar-refractivity contribution in [1.29, 1.82) is 0 Å². The van der Waals surface area contributed by atoms with E-state index >= 15 is 0 Å². The number of nitrogen functional groups attached to an aromatic ring is 1. The molecule has 1 amide bonds. The third-order valence-corrected chi connectivity index (χ3v) is 5.37. The number of aliphatic hydroxyl groups is 1. The topological polar surface area (TPSA) is 97.3 Å². The molecule has 0 saturated carbocycles. The van der Waals surface area contributed by atoms with Crippen molar-refractivity contribution < 1.29 is 9.90 Å². The smallest absolute Gasteiger partial charge is 0.255 e. The van der Waals surface area contributed by atoms with Crippen LogP contribution in [0.4, 0.5) is 5.95 Å². The monoisotopic (exact) mass is 365 g/mol. The number of hydrogen-bond donors (Lipinski definition) is 2. The first-order valence-corrected chi connectivity index (χ1v) is 9.21. The number of hydrogen-bond acceptors (Lipinski definition) is 5. The standard InChI is InChI=1S/C20H23N5O2/c1-2-25-17-16(23-19(25)21)12-14(13-22-17)18(26)24-10-8-20(27,9-11-24)15-6-4-3-5-7-15/h3-7,12-13,27H,2,8-11H2,1H3,(H2,21,23). The molecular formula is C20H23N5O2. The maximum Gasteiger partial charge on any atom is 0.255 e. The number of imidazole rings is 1. The second-order valence-corrected chi connectivity index (χ2v) is 6.97. The van der Waals surface area contributed by atoms with Crippen molar-refractivity contribution in [3.8, 4) is 0 Å². The van der Waals surface area contributed by atoms with Gasteiger partial charge in [0.1, 0.15) is 5.52 Å². The van der Waals surface area contributed by atoms with Crippen molar-refractivity contribution >= 4 is 23.0 Å². The predicted octanol–water partition coefficient (Wildman–Crippen LogP) is 2.16. The number of amides is 1. The second kappa shape index (κ2) is 6.66. The molecule has 3 aromatic rings. The Kier molecular flexibility index (Phi) is 4.31. The molecule has 27 heavy (non-hydrogen) atoms. The Hall–Kier alpha value is -2.93. The highest BCUT2D eigenvalue weighted by atomic mass is 16.3. The molecule has 0 bridgehead atoms. The zero-order valence-corrected chi connectivity index (χ0v) is 15.3. The maximum atomic E-state index is 12.9. The first kappa shape index (κ1) is 17.5. The van der Waals surface area contributed by atoms with Crippen molar-refractivity contribution in [2.75, 3.05) is 18.8 Å². The van der Waals surface area contributed by atoms with Crippen LogP contribution < -0.4 is 5.73 Å². The second-order valence-electron chi connectivity index (χ2n) is 6.97. The first-order valence-electron chi connectivity index (χ1n) is 9.21. The van der Waals surface area contributed by atoms with Crippen molar-refractivity contribution in [2.45, 2.75) is 31.9 Å². The zero-order chi connectivity index (χ0) is 19.0. The Balaban J connectivity index is 1.52. The summed E-state index contributed by atoms with van der Waals surface area (Å²) in [7, 11) is 0. The van der Waals surface area contributed by atoms with Gasteiger partial charge in [-0.3, -0.25) is 9.36 Å². The molecular weight excluding hydrogens is 342 g/mol. The lowest BCUT2D eigenvalue weighted by Gasteiger charge is -2.38. The van der Waals surface area contributed by atoms with E-state index in [0.717, 1.165) is 5.56 Å². The number of nitrogens with zero attached hydrogens (tertiary/aromatic N) is 4. The number of rotatable bonds is 3. The number of likely N-dealkylation sites (tertiary alicyclic amines) is 1. The van der Waals surface area contributed by atoms with Gasteiger partial charge in [0.2, 0.25) is 5.95 Å². The van der Waals surface area contributed by atoms with Crippen LogP contribution in [0.3, 0.4) is 0 Å². The summed E-state index contributed by atoms with van der Waals surface area (Å²) in [5.74, 6) is 0.305. The lowest BCUT2D eigenvalue weighted by Crippen LogP contribution is -2.45. The van der Waals surface area contributed by atoms with Crippen molar-refractivity contribution in [2.24, 2.45) is 0 Å². The van der Waals surface area contributed by atoms with Gasteiger partial charge in [0.05, 0.1) is 11.2 Å². The predicted molar refractivity (Wildman–Crippen MR) is 103 cm³/mol. The van der Waals surface area contributed by atoms with Crippen LogP contribution in [0.1, 0.15) is 35.7 Å². The van der Waals surface area contributed by atoms with Gasteiger partial charge in [0.25, 0.3) is 5.91 Å². The molecule has 0 aliphatic carbocycles. The summed E-state index contributed by atoms with van der Waals surface area (Å²) in [4.78, 5) is 23.3. The lowest BCUT2D eigenvalue weighted by molar-refractivity contribution is -0.0211. The van der Waals surface area contributed by atoms with E-state index in [-0.39, 0.29) is 5.91 Å². The number of pyridine rings is 1. The maximum absolute atomic E-state index is 12.9. The summed E-state index contributed by atoms with van der Waals surface area (Å²) in [6.45, 7) is 3.63. The third kappa shape index (κ3) is 3.04. The van der Waals surface area contributed by atoms with Crippen molar-refractivity contribution in [3.63, 3.8) is 0 Å². The lowest BCUT2D eigenvalue weighted by atomic mass is 9.84. The van der Waals surface area contributed by atoms with E-state index < -0.39 is 5.60 Å². The van der Waals surface area contributed by atoms with E-state index in [4.69, 9.17) is 5.73 Å². The van der Waals surface area contributed by atoms with Crippen LogP contribution in [0.25, 0.3) is 11.2 Å². The average Bonchev–Trinajstić information content (AvgIpc) is 3.02. The van der Waals surface area contributed by atoms with E-state index in [1.165, 1.54) is 0 Å². The minimum Gasteiger partial charge on any atom is -0.385 e. The highest BCUT2D eigenvalue weighted by Crippen LogP contribution is 2.33. The van der Waals surface area contributed by atoms with E-state index in [1.807, 2.05) is 41.8 Å². The number of benzene rings is 1. The van der Waals surface area contributed by atoms with Gasteiger partial charge in [-0.25, -0.2) is 9.97 Å². The van der Waals surface area contributed by atoms with E-state index in [9.17, 15) is 9.90 Å². The fraction of sp³-hybridized carbons (Fsp3) is 0.350. The number of carbonyl (C=O) groups excluding carboxylic acids is 1. The summed E-state index contributed by atoms with van der Waals surface area (Å²) in [5, 5.41) is 10.9. The molecule has 0 unspecified atom stereocenters. The summed E-state index contributed by atoms with van der Waals surface area (Å²) in [5.41, 5.74) is 7.73. The molecule has 0 radical (unpaired) electrons. The summed E-state index contributed by atoms with van der Waals surface area (Å²) in [6.07, 6.45) is 2.60. The number of nitrogens with two attached hydrogens (primary N) is 1. The molecule has 1 saturated heterocycles. The normalized spacial score (nSPS) is 16.6. The Morgan fingerprint density at radius 3 is 2.63 bits per heavy atom. The molecule has 140 valence electrons. The Morgan fingerprint density at radius 2 is 1.96 bits per heavy atom. The molecule has 3 heterocycles. The number of carbonyl (C=O) groups is 1. The molecule has 3 N–H and O–H groups in total. The van der Waals surface area contributed by atoms with Crippen LogP contribution in [0.5, 0.6) is 0 Å². The number of anilines is 1. The SMILES string of the molecule is CCn1c(N)nc2cc(C(=O)N3CCC(O)(c4ccccc4)CC3)cnc21. The quantitative estimate of drug-likeness (QED) is 0.741. The number of fused-ring (bicyclic) bond motifs is 1. The Bertz CT molecular complexity index is 975. The van der Waals surface area contributed by atoms with Gasteiger partial charge in [-0.15, -0.1) is 0 Å². The summed E-state index contributed by atoms with van der Waals surface area (Å²) >= 11 is 0. The number of piperidine rings is 1. The van der Waals surface area contributed by atoms with E-state index in [0.29, 0.717) is 55.2 Å². The van der Waals surface area contributed by atoms with Crippen LogP contribution >= 0.6 is 0 Å². The van der Waals surface area contributed by atoms with E-state index in [1.54, 1.807) is 17.2 Å². The van der Waals surface area contributed by atoms with Crippen LogP contribution in [-0.2, 0) is 12.1 Å². The number of aromatic nitrogens is 3. The van der Waals surface area contributed by atoms with Gasteiger partial charge in [-0.1, -0.05) is 30.3 Å². The van der Waals surface area contributed by atoms with Gasteiger partial charge in [0, 0.05) is 25.8 Å². The Morgan fingerprint density at radius 1 is 1.26 bits per heavy atom. The van der Waals surface area contributed by atoms with Gasteiger partial charge < -0.3 is 15.7 Å². The molecule has 1 aromatic carbocycles. The van der Waals surface area contributed by atoms with Gasteiger partial charge in [-0.05, 0) is 31.4 Å². The van der Waals surface area contributed by atoms with Crippen LogP contribution in [0, 0.1) is 0 Å². The average molecular weight is 365 g/mol.